The predicted octanol–water partition coefficient (Wildman–Crippen LogP) is 6.83. The third-order valence-corrected chi connectivity index (χ3v) is 8.83. The fraction of sp³-hybridized carbons (Fsp3) is 0.333. The number of hydrogen-bond acceptors (Lipinski definition) is 5. The summed E-state index contributed by atoms with van der Waals surface area (Å²) in [4.78, 5) is 30.7. The van der Waals surface area contributed by atoms with Gasteiger partial charge in [-0.25, -0.2) is 0 Å². The van der Waals surface area contributed by atoms with E-state index in [2.05, 4.69) is 46.6 Å². The van der Waals surface area contributed by atoms with Gasteiger partial charge in [0, 0.05) is 25.6 Å². The number of likely N-dealkylation sites (N-methyl/N-ethyl adjacent to an activating group) is 1. The maximum atomic E-state index is 13.8. The SMILES string of the molecule is C[C@@H]1CN([C@@H](C)CO)C(=O)c2cccc(NC(=O)Cc3ccc(C(F)(F)F)cc3)c2O[C@@H]1CN(C)Cc1ccc(Cc2ccccc2)cc1. The van der Waals surface area contributed by atoms with E-state index in [-0.39, 0.29) is 41.9 Å². The average Bonchev–Trinajstić information content (AvgIpc) is 3.07. The van der Waals surface area contributed by atoms with Crippen molar-refractivity contribution in [3.63, 3.8) is 0 Å². The lowest BCUT2D eigenvalue weighted by molar-refractivity contribution is -0.137. The lowest BCUT2D eigenvalue weighted by atomic mass is 9.98. The molecule has 4 aromatic rings. The van der Waals surface area contributed by atoms with Gasteiger partial charge in [0.05, 0.1) is 35.9 Å². The van der Waals surface area contributed by atoms with Gasteiger partial charge in [-0.2, -0.15) is 13.2 Å². The molecule has 0 saturated heterocycles. The van der Waals surface area contributed by atoms with E-state index in [1.807, 2.05) is 32.2 Å². The highest BCUT2D eigenvalue weighted by atomic mass is 19.4. The van der Waals surface area contributed by atoms with Gasteiger partial charge in [-0.1, -0.05) is 79.7 Å². The van der Waals surface area contributed by atoms with E-state index in [1.165, 1.54) is 23.3 Å². The highest BCUT2D eigenvalue weighted by molar-refractivity contribution is 6.02. The summed E-state index contributed by atoms with van der Waals surface area (Å²) in [6.45, 7) is 5.09. The van der Waals surface area contributed by atoms with Crippen LogP contribution < -0.4 is 10.1 Å². The molecule has 49 heavy (non-hydrogen) atoms. The number of anilines is 1. The Balaban J connectivity index is 1.34. The van der Waals surface area contributed by atoms with Gasteiger partial charge in [0.1, 0.15) is 6.10 Å². The summed E-state index contributed by atoms with van der Waals surface area (Å²) in [5.41, 5.74) is 3.77. The molecule has 5 rings (SSSR count). The minimum Gasteiger partial charge on any atom is -0.486 e. The Hall–Kier alpha value is -4.67. The maximum Gasteiger partial charge on any atom is 0.416 e. The van der Waals surface area contributed by atoms with E-state index < -0.39 is 29.8 Å². The van der Waals surface area contributed by atoms with Crippen LogP contribution in [0, 0.1) is 5.92 Å². The molecule has 0 saturated carbocycles. The van der Waals surface area contributed by atoms with Crippen LogP contribution in [0.5, 0.6) is 5.75 Å². The summed E-state index contributed by atoms with van der Waals surface area (Å²) >= 11 is 0. The number of benzene rings is 4. The van der Waals surface area contributed by atoms with Gasteiger partial charge in [-0.15, -0.1) is 0 Å². The van der Waals surface area contributed by atoms with Gasteiger partial charge < -0.3 is 20.1 Å². The second-order valence-electron chi connectivity index (χ2n) is 12.9. The Morgan fingerprint density at radius 2 is 1.57 bits per heavy atom. The van der Waals surface area contributed by atoms with Crippen molar-refractivity contribution >= 4 is 17.5 Å². The summed E-state index contributed by atoms with van der Waals surface area (Å²) in [5, 5.41) is 12.8. The minimum absolute atomic E-state index is 0.141. The van der Waals surface area contributed by atoms with Crippen molar-refractivity contribution in [3.8, 4) is 5.75 Å². The van der Waals surface area contributed by atoms with Gasteiger partial charge >= 0.3 is 6.18 Å². The van der Waals surface area contributed by atoms with Crippen LogP contribution in [0.15, 0.2) is 97.1 Å². The van der Waals surface area contributed by atoms with E-state index in [0.29, 0.717) is 25.2 Å². The summed E-state index contributed by atoms with van der Waals surface area (Å²) < 4.78 is 45.7. The number of rotatable bonds is 11. The van der Waals surface area contributed by atoms with Crippen LogP contribution in [0.1, 0.15) is 52.0 Å². The van der Waals surface area contributed by atoms with Crippen LogP contribution in [-0.2, 0) is 30.4 Å². The summed E-state index contributed by atoms with van der Waals surface area (Å²) in [6, 6.07) is 27.7. The maximum absolute atomic E-state index is 13.8. The van der Waals surface area contributed by atoms with E-state index in [4.69, 9.17) is 4.74 Å². The predicted molar refractivity (Wildman–Crippen MR) is 183 cm³/mol. The molecule has 2 N–H and O–H groups in total. The summed E-state index contributed by atoms with van der Waals surface area (Å²) in [6.07, 6.45) is -4.18. The van der Waals surface area contributed by atoms with E-state index in [0.717, 1.165) is 24.1 Å². The third-order valence-electron chi connectivity index (χ3n) is 8.83. The van der Waals surface area contributed by atoms with Crippen molar-refractivity contribution in [3.05, 3.63) is 130 Å². The second kappa shape index (κ2) is 15.7. The lowest BCUT2D eigenvalue weighted by Gasteiger charge is -2.38. The number of ether oxygens (including phenoxy) is 1. The number of carbonyl (C=O) groups excluding carboxylic acids is 2. The van der Waals surface area contributed by atoms with Crippen molar-refractivity contribution in [2.45, 2.75) is 51.6 Å². The molecule has 0 aliphatic carbocycles. The summed E-state index contributed by atoms with van der Waals surface area (Å²) in [7, 11) is 2.00. The molecular formula is C39H42F3N3O4. The Morgan fingerprint density at radius 1 is 0.939 bits per heavy atom. The first-order valence-electron chi connectivity index (χ1n) is 16.4. The normalized spacial score (nSPS) is 17.1. The van der Waals surface area contributed by atoms with Crippen LogP contribution in [0.2, 0.25) is 0 Å². The molecule has 10 heteroatoms. The number of nitrogens with zero attached hydrogens (tertiary/aromatic N) is 2. The van der Waals surface area contributed by atoms with Gasteiger partial charge in [0.2, 0.25) is 5.91 Å². The number of alkyl halides is 3. The molecule has 0 aromatic heterocycles. The highest BCUT2D eigenvalue weighted by Gasteiger charge is 2.35. The molecule has 0 bridgehead atoms. The molecule has 0 radical (unpaired) electrons. The first-order chi connectivity index (χ1) is 23.4. The number of aliphatic hydroxyl groups excluding tert-OH is 1. The third kappa shape index (κ3) is 9.28. The summed E-state index contributed by atoms with van der Waals surface area (Å²) in [5.74, 6) is -0.717. The second-order valence-corrected chi connectivity index (χ2v) is 12.9. The minimum atomic E-state index is -4.47. The molecule has 258 valence electrons. The molecule has 1 heterocycles. The molecule has 3 atom stereocenters. The van der Waals surface area contributed by atoms with Gasteiger partial charge in [-0.05, 0) is 66.9 Å². The van der Waals surface area contributed by atoms with Gasteiger partial charge in [-0.3, -0.25) is 14.5 Å². The first kappa shape index (κ1) is 35.6. The van der Waals surface area contributed by atoms with Crippen molar-refractivity contribution < 1.29 is 32.6 Å². The smallest absolute Gasteiger partial charge is 0.416 e. The molecule has 2 amide bonds. The molecule has 0 unspecified atom stereocenters. The molecule has 0 fully saturated rings. The zero-order valence-corrected chi connectivity index (χ0v) is 27.9. The fourth-order valence-corrected chi connectivity index (χ4v) is 6.03. The van der Waals surface area contributed by atoms with Crippen molar-refractivity contribution in [1.29, 1.82) is 0 Å². The molecule has 7 nitrogen and oxygen atoms in total. The van der Waals surface area contributed by atoms with Crippen molar-refractivity contribution in [1.82, 2.24) is 9.80 Å². The fourth-order valence-electron chi connectivity index (χ4n) is 6.03. The number of aliphatic hydroxyl groups is 1. The van der Waals surface area contributed by atoms with Crippen LogP contribution in [0.3, 0.4) is 0 Å². The van der Waals surface area contributed by atoms with E-state index in [9.17, 15) is 27.9 Å². The first-order valence-corrected chi connectivity index (χ1v) is 16.4. The molecule has 1 aliphatic heterocycles. The topological polar surface area (TPSA) is 82.1 Å². The van der Waals surface area contributed by atoms with Crippen molar-refractivity contribution in [2.75, 3.05) is 32.1 Å². The molecule has 1 aliphatic rings. The zero-order chi connectivity index (χ0) is 35.1. The van der Waals surface area contributed by atoms with Crippen LogP contribution >= 0.6 is 0 Å². The van der Waals surface area contributed by atoms with Gasteiger partial charge in [0.25, 0.3) is 5.91 Å². The quantitative estimate of drug-likeness (QED) is 0.183. The highest BCUT2D eigenvalue weighted by Crippen LogP contribution is 2.35. The van der Waals surface area contributed by atoms with E-state index >= 15 is 0 Å². The number of carbonyl (C=O) groups is 2. The monoisotopic (exact) mass is 673 g/mol. The number of fused-ring (bicyclic) bond motifs is 1. The van der Waals surface area contributed by atoms with E-state index in [1.54, 1.807) is 30.0 Å². The largest absolute Gasteiger partial charge is 0.486 e. The molecule has 4 aromatic carbocycles. The number of halogens is 3. The average molecular weight is 674 g/mol. The van der Waals surface area contributed by atoms with Crippen LogP contribution in [0.4, 0.5) is 18.9 Å². The Bertz CT molecular complexity index is 1710. The Kier molecular flexibility index (Phi) is 11.4. The Morgan fingerprint density at radius 3 is 2.22 bits per heavy atom. The molecule has 0 spiro atoms. The number of amides is 2. The Labute approximate surface area is 285 Å². The number of para-hydroxylation sites is 1. The standard InChI is InChI=1S/C39H42F3N3O4/c1-26-22-45(27(2)25-46)38(48)33-10-7-11-34(43-36(47)21-30-16-18-32(19-17-30)39(40,41)42)37(33)49-35(26)24-44(3)23-31-14-12-29(13-15-31)20-28-8-5-4-6-9-28/h4-19,26-27,35,46H,20-25H2,1-3H3,(H,43,47)/t26-,27+,35-/m1/s1. The number of hydrogen-bond donors (Lipinski definition) is 2. The van der Waals surface area contributed by atoms with Crippen molar-refractivity contribution in [2.24, 2.45) is 5.92 Å². The van der Waals surface area contributed by atoms with Crippen LogP contribution in [0.25, 0.3) is 0 Å². The zero-order valence-electron chi connectivity index (χ0n) is 27.9. The lowest BCUT2D eigenvalue weighted by Crippen LogP contribution is -2.49. The van der Waals surface area contributed by atoms with Gasteiger partial charge in [0.15, 0.2) is 5.75 Å². The van der Waals surface area contributed by atoms with Crippen LogP contribution in [-0.4, -0.2) is 65.6 Å². The number of nitrogens with one attached hydrogen (secondary N) is 1. The molecular weight excluding hydrogens is 631 g/mol.